The summed E-state index contributed by atoms with van der Waals surface area (Å²) in [5.41, 5.74) is -0.841. The van der Waals surface area contributed by atoms with Gasteiger partial charge < -0.3 is 15.0 Å². The Balaban J connectivity index is 1.52. The monoisotopic (exact) mass is 407 g/mol. The molecule has 4 amide bonds. The highest BCUT2D eigenvalue weighted by Crippen LogP contribution is 2.38. The summed E-state index contributed by atoms with van der Waals surface area (Å²) in [7, 11) is 1.63. The maximum absolute atomic E-state index is 12.9. The first-order valence-corrected chi connectivity index (χ1v) is 9.98. The first-order chi connectivity index (χ1) is 13.3. The van der Waals surface area contributed by atoms with Gasteiger partial charge in [-0.15, -0.1) is 0 Å². The molecule has 152 valence electrons. The van der Waals surface area contributed by atoms with Gasteiger partial charge in [0.05, 0.1) is 6.54 Å². The molecule has 1 aliphatic heterocycles. The van der Waals surface area contributed by atoms with Crippen LogP contribution >= 0.6 is 11.6 Å². The first-order valence-electron chi connectivity index (χ1n) is 9.60. The minimum Gasteiger partial charge on any atom is -0.492 e. The molecule has 1 saturated heterocycles. The Kier molecular flexibility index (Phi) is 6.13. The Hall–Kier alpha value is -2.28. The first kappa shape index (κ1) is 20.5. The fourth-order valence-electron chi connectivity index (χ4n) is 3.85. The number of halogens is 1. The minimum atomic E-state index is -0.841. The molecular weight excluding hydrogens is 382 g/mol. The molecule has 1 spiro atoms. The fraction of sp³-hybridized carbons (Fsp3) is 0.550. The van der Waals surface area contributed by atoms with Gasteiger partial charge in [0.2, 0.25) is 5.91 Å². The average molecular weight is 408 g/mol. The number of benzene rings is 1. The molecule has 0 radical (unpaired) electrons. The van der Waals surface area contributed by atoms with E-state index in [9.17, 15) is 14.4 Å². The molecule has 7 nitrogen and oxygen atoms in total. The second-order valence-electron chi connectivity index (χ2n) is 7.56. The molecule has 1 heterocycles. The molecule has 0 aromatic heterocycles. The van der Waals surface area contributed by atoms with Crippen LogP contribution in [0.2, 0.25) is 5.02 Å². The van der Waals surface area contributed by atoms with Crippen LogP contribution in [0.3, 0.4) is 0 Å². The van der Waals surface area contributed by atoms with Crippen molar-refractivity contribution in [1.29, 1.82) is 0 Å². The number of urea groups is 1. The highest BCUT2D eigenvalue weighted by atomic mass is 35.5. The van der Waals surface area contributed by atoms with Crippen molar-refractivity contribution in [1.82, 2.24) is 15.1 Å². The van der Waals surface area contributed by atoms with Crippen LogP contribution in [-0.4, -0.2) is 59.9 Å². The third-order valence-corrected chi connectivity index (χ3v) is 5.98. The second kappa shape index (κ2) is 8.39. The minimum absolute atomic E-state index is 0.0725. The van der Waals surface area contributed by atoms with E-state index in [1.807, 2.05) is 6.92 Å². The Bertz CT molecular complexity index is 754. The van der Waals surface area contributed by atoms with E-state index < -0.39 is 11.6 Å². The van der Waals surface area contributed by atoms with Crippen molar-refractivity contribution in [2.75, 3.05) is 26.7 Å². The Morgan fingerprint density at radius 1 is 1.32 bits per heavy atom. The van der Waals surface area contributed by atoms with E-state index in [-0.39, 0.29) is 24.3 Å². The zero-order valence-electron chi connectivity index (χ0n) is 16.2. The Labute approximate surface area is 169 Å². The van der Waals surface area contributed by atoms with Crippen LogP contribution in [0.15, 0.2) is 24.3 Å². The Morgan fingerprint density at radius 3 is 2.71 bits per heavy atom. The van der Waals surface area contributed by atoms with Crippen molar-refractivity contribution in [2.45, 2.75) is 38.1 Å². The number of carbonyl (C=O) groups is 3. The van der Waals surface area contributed by atoms with Gasteiger partial charge in [-0.3, -0.25) is 14.5 Å². The molecule has 1 aromatic carbocycles. The number of nitrogens with one attached hydrogen (secondary N) is 1. The molecule has 1 aliphatic carbocycles. The van der Waals surface area contributed by atoms with Crippen LogP contribution in [-0.2, 0) is 9.59 Å². The molecule has 2 fully saturated rings. The molecule has 2 aliphatic rings. The molecule has 1 saturated carbocycles. The largest absolute Gasteiger partial charge is 0.492 e. The van der Waals surface area contributed by atoms with Gasteiger partial charge in [-0.2, -0.15) is 0 Å². The molecule has 0 bridgehead atoms. The maximum atomic E-state index is 12.9. The van der Waals surface area contributed by atoms with E-state index in [0.29, 0.717) is 30.3 Å². The van der Waals surface area contributed by atoms with Crippen molar-refractivity contribution in [3.63, 3.8) is 0 Å². The zero-order valence-corrected chi connectivity index (χ0v) is 17.0. The van der Waals surface area contributed by atoms with E-state index in [1.165, 1.54) is 4.90 Å². The number of nitrogens with zero attached hydrogens (tertiary/aromatic N) is 2. The number of amides is 4. The van der Waals surface area contributed by atoms with Crippen molar-refractivity contribution >= 4 is 29.4 Å². The number of carbonyl (C=O) groups excluding carboxylic acids is 3. The summed E-state index contributed by atoms with van der Waals surface area (Å²) in [4.78, 5) is 40.3. The topological polar surface area (TPSA) is 79.0 Å². The number of likely N-dealkylation sites (N-methyl/N-ethyl adjacent to an activating group) is 1. The highest BCUT2D eigenvalue weighted by Gasteiger charge is 2.55. The van der Waals surface area contributed by atoms with Gasteiger partial charge in [0.1, 0.15) is 24.4 Å². The third-order valence-electron chi connectivity index (χ3n) is 5.73. The normalized spacial score (nSPS) is 24.4. The number of ether oxygens (including phenoxy) is 1. The summed E-state index contributed by atoms with van der Waals surface area (Å²) in [5.74, 6) is 0.156. The van der Waals surface area contributed by atoms with E-state index in [2.05, 4.69) is 5.32 Å². The lowest BCUT2D eigenvalue weighted by Gasteiger charge is -2.36. The van der Waals surface area contributed by atoms with Crippen LogP contribution < -0.4 is 10.1 Å². The fourth-order valence-corrected chi connectivity index (χ4v) is 3.98. The standard InChI is InChI=1S/C20H26ClN3O4/c1-14-5-3-4-10-20(14)18(26)24(19(27)22-20)13-17(25)23(2)11-12-28-16-8-6-15(21)7-9-16/h6-9,14H,3-5,10-13H2,1-2H3,(H,22,27)/t14-,20+/m1/s1. The smallest absolute Gasteiger partial charge is 0.325 e. The van der Waals surface area contributed by atoms with Crippen molar-refractivity contribution in [3.05, 3.63) is 29.3 Å². The number of imide groups is 1. The molecule has 1 N–H and O–H groups in total. The number of hydrogen-bond donors (Lipinski definition) is 1. The lowest BCUT2D eigenvalue weighted by Crippen LogP contribution is -2.54. The van der Waals surface area contributed by atoms with E-state index in [0.717, 1.165) is 24.2 Å². The van der Waals surface area contributed by atoms with Gasteiger partial charge >= 0.3 is 6.03 Å². The van der Waals surface area contributed by atoms with Gasteiger partial charge in [-0.05, 0) is 43.0 Å². The summed E-state index contributed by atoms with van der Waals surface area (Å²) in [5, 5.41) is 3.49. The van der Waals surface area contributed by atoms with Gasteiger partial charge in [0.25, 0.3) is 5.91 Å². The summed E-state index contributed by atoms with van der Waals surface area (Å²) in [6, 6.07) is 6.49. The van der Waals surface area contributed by atoms with Crippen molar-refractivity contribution in [3.8, 4) is 5.75 Å². The molecule has 2 atom stereocenters. The van der Waals surface area contributed by atoms with E-state index >= 15 is 0 Å². The SMILES string of the molecule is C[C@@H]1CCCC[C@]12NC(=O)N(CC(=O)N(C)CCOc1ccc(Cl)cc1)C2=O. The van der Waals surface area contributed by atoms with Crippen LogP contribution in [0.1, 0.15) is 32.6 Å². The average Bonchev–Trinajstić information content (AvgIpc) is 2.90. The summed E-state index contributed by atoms with van der Waals surface area (Å²) >= 11 is 5.83. The summed E-state index contributed by atoms with van der Waals surface area (Å²) in [6.45, 7) is 2.37. The predicted molar refractivity (Wildman–Crippen MR) is 105 cm³/mol. The third kappa shape index (κ3) is 4.09. The van der Waals surface area contributed by atoms with Crippen LogP contribution in [0.5, 0.6) is 5.75 Å². The highest BCUT2D eigenvalue weighted by molar-refractivity contribution is 6.30. The van der Waals surface area contributed by atoms with Crippen molar-refractivity contribution < 1.29 is 19.1 Å². The molecule has 1 aromatic rings. The Morgan fingerprint density at radius 2 is 2.04 bits per heavy atom. The lowest BCUT2D eigenvalue weighted by molar-refractivity contribution is -0.140. The van der Waals surface area contributed by atoms with Crippen LogP contribution in [0.25, 0.3) is 0 Å². The van der Waals surface area contributed by atoms with Gasteiger partial charge in [0, 0.05) is 12.1 Å². The van der Waals surface area contributed by atoms with Crippen LogP contribution in [0.4, 0.5) is 4.79 Å². The molecule has 8 heteroatoms. The van der Waals surface area contributed by atoms with Gasteiger partial charge in [0.15, 0.2) is 0 Å². The summed E-state index contributed by atoms with van der Waals surface area (Å²) in [6.07, 6.45) is 3.49. The van der Waals surface area contributed by atoms with Gasteiger partial charge in [-0.1, -0.05) is 31.4 Å². The maximum Gasteiger partial charge on any atom is 0.325 e. The molecular formula is C20H26ClN3O4. The zero-order chi connectivity index (χ0) is 20.3. The summed E-state index contributed by atoms with van der Waals surface area (Å²) < 4.78 is 5.59. The second-order valence-corrected chi connectivity index (χ2v) is 7.99. The van der Waals surface area contributed by atoms with E-state index in [1.54, 1.807) is 31.3 Å². The van der Waals surface area contributed by atoms with Crippen LogP contribution in [0, 0.1) is 5.92 Å². The van der Waals surface area contributed by atoms with Gasteiger partial charge in [-0.25, -0.2) is 4.79 Å². The quantitative estimate of drug-likeness (QED) is 0.735. The lowest BCUT2D eigenvalue weighted by atomic mass is 9.73. The molecule has 3 rings (SSSR count). The number of hydrogen-bond acceptors (Lipinski definition) is 4. The van der Waals surface area contributed by atoms with Crippen molar-refractivity contribution in [2.24, 2.45) is 5.92 Å². The molecule has 0 unspecified atom stereocenters. The number of rotatable bonds is 6. The molecule has 28 heavy (non-hydrogen) atoms. The van der Waals surface area contributed by atoms with E-state index in [4.69, 9.17) is 16.3 Å². The predicted octanol–water partition coefficient (Wildman–Crippen LogP) is 2.68.